The fourth-order valence-corrected chi connectivity index (χ4v) is 13.9. The van der Waals surface area contributed by atoms with Gasteiger partial charge in [-0.05, 0) is 0 Å². The molecular formula is C17H28O2Sn. The first kappa shape index (κ1) is 16.3. The van der Waals surface area contributed by atoms with Gasteiger partial charge in [0.25, 0.3) is 0 Å². The van der Waals surface area contributed by atoms with Crippen LogP contribution in [0.25, 0.3) is 0 Å². The molecule has 2 nitrogen and oxygen atoms in total. The molecule has 112 valence electrons. The van der Waals surface area contributed by atoms with E-state index in [0.717, 1.165) is 13.0 Å². The Bertz CT molecular complexity index is 372. The molecule has 0 bridgehead atoms. The first-order valence-corrected chi connectivity index (χ1v) is 14.5. The van der Waals surface area contributed by atoms with Crippen LogP contribution in [0.2, 0.25) is 8.87 Å². The Morgan fingerprint density at radius 2 is 1.70 bits per heavy atom. The van der Waals surface area contributed by atoms with Crippen molar-refractivity contribution < 1.29 is 6.15 Å². The van der Waals surface area contributed by atoms with Gasteiger partial charge in [0.2, 0.25) is 0 Å². The Hall–Kier alpha value is -0.0613. The summed E-state index contributed by atoms with van der Waals surface area (Å²) in [6, 6.07) is 10.7. The van der Waals surface area contributed by atoms with Crippen LogP contribution in [0.1, 0.15) is 45.1 Å². The topological polar surface area (TPSA) is 18.5 Å². The molecule has 1 aliphatic heterocycles. The van der Waals surface area contributed by atoms with Crippen LogP contribution in [-0.2, 0) is 12.6 Å². The van der Waals surface area contributed by atoms with Crippen LogP contribution < -0.4 is 0 Å². The van der Waals surface area contributed by atoms with E-state index in [1.54, 1.807) is 0 Å². The third kappa shape index (κ3) is 4.74. The van der Waals surface area contributed by atoms with E-state index in [-0.39, 0.29) is 0 Å². The van der Waals surface area contributed by atoms with Gasteiger partial charge < -0.3 is 0 Å². The van der Waals surface area contributed by atoms with E-state index < -0.39 is 19.2 Å². The third-order valence-corrected chi connectivity index (χ3v) is 14.6. The van der Waals surface area contributed by atoms with Crippen molar-refractivity contribution in [1.82, 2.24) is 0 Å². The van der Waals surface area contributed by atoms with Gasteiger partial charge in [-0.15, -0.1) is 0 Å². The van der Waals surface area contributed by atoms with Crippen molar-refractivity contribution >= 4 is 19.2 Å². The monoisotopic (exact) mass is 384 g/mol. The Morgan fingerprint density at radius 1 is 1.05 bits per heavy atom. The van der Waals surface area contributed by atoms with E-state index in [1.807, 2.05) is 0 Å². The average molecular weight is 383 g/mol. The summed E-state index contributed by atoms with van der Waals surface area (Å²) in [5.41, 5.74) is 1.37. The van der Waals surface area contributed by atoms with Crippen molar-refractivity contribution in [3.63, 3.8) is 0 Å². The second kappa shape index (κ2) is 8.40. The van der Waals surface area contributed by atoms with E-state index >= 15 is 0 Å². The van der Waals surface area contributed by atoms with E-state index in [2.05, 4.69) is 44.2 Å². The summed E-state index contributed by atoms with van der Waals surface area (Å²) < 4.78 is 15.4. The van der Waals surface area contributed by atoms with Crippen molar-refractivity contribution in [1.29, 1.82) is 0 Å². The van der Waals surface area contributed by atoms with Gasteiger partial charge in [-0.25, -0.2) is 0 Å². The van der Waals surface area contributed by atoms with Crippen LogP contribution in [0.5, 0.6) is 0 Å². The molecule has 3 heteroatoms. The molecule has 0 unspecified atom stereocenters. The summed E-state index contributed by atoms with van der Waals surface area (Å²) in [6.45, 7) is 5.35. The fraction of sp³-hybridized carbons (Fsp3) is 0.647. The molecule has 0 amide bonds. The minimum absolute atomic E-state index is 0.307. The molecule has 1 aromatic carbocycles. The first-order chi connectivity index (χ1) is 9.78. The van der Waals surface area contributed by atoms with Gasteiger partial charge in [0.15, 0.2) is 0 Å². The summed E-state index contributed by atoms with van der Waals surface area (Å²) in [5, 5.41) is 0. The number of benzene rings is 1. The Labute approximate surface area is 128 Å². The van der Waals surface area contributed by atoms with Crippen LogP contribution in [-0.4, -0.2) is 31.9 Å². The molecule has 1 atom stereocenters. The average Bonchev–Trinajstić information content (AvgIpc) is 2.88. The number of rotatable bonds is 8. The van der Waals surface area contributed by atoms with Gasteiger partial charge in [0.1, 0.15) is 0 Å². The molecule has 1 saturated heterocycles. The fourth-order valence-electron chi connectivity index (χ4n) is 2.87. The Balaban J connectivity index is 1.92. The SMILES string of the molecule is CCC[CH2][Sn]1([CH2]CCC)[O]C[C@@H](Cc2ccccc2)[O]1. The summed E-state index contributed by atoms with van der Waals surface area (Å²) in [6.07, 6.45) is 6.37. The molecule has 0 radical (unpaired) electrons. The van der Waals surface area contributed by atoms with Gasteiger partial charge >= 0.3 is 129 Å². The van der Waals surface area contributed by atoms with Crippen LogP contribution in [0.4, 0.5) is 0 Å². The zero-order valence-corrected chi connectivity index (χ0v) is 15.8. The van der Waals surface area contributed by atoms with Gasteiger partial charge in [-0.3, -0.25) is 0 Å². The van der Waals surface area contributed by atoms with Crippen molar-refractivity contribution in [2.24, 2.45) is 0 Å². The van der Waals surface area contributed by atoms with Crippen molar-refractivity contribution in [3.8, 4) is 0 Å². The molecular weight excluding hydrogens is 355 g/mol. The molecule has 0 aliphatic carbocycles. The number of hydrogen-bond acceptors (Lipinski definition) is 2. The molecule has 0 N–H and O–H groups in total. The van der Waals surface area contributed by atoms with E-state index in [0.29, 0.717) is 6.10 Å². The van der Waals surface area contributed by atoms with Crippen LogP contribution >= 0.6 is 0 Å². The minimum atomic E-state index is -2.71. The second-order valence-corrected chi connectivity index (χ2v) is 15.4. The summed E-state index contributed by atoms with van der Waals surface area (Å²) in [4.78, 5) is 0. The second-order valence-electron chi connectivity index (χ2n) is 5.86. The van der Waals surface area contributed by atoms with Gasteiger partial charge in [0, 0.05) is 0 Å². The van der Waals surface area contributed by atoms with Gasteiger partial charge in [0.05, 0.1) is 0 Å². The molecule has 1 heterocycles. The molecule has 2 rings (SSSR count). The van der Waals surface area contributed by atoms with Crippen LogP contribution in [0.3, 0.4) is 0 Å². The van der Waals surface area contributed by atoms with Crippen LogP contribution in [0, 0.1) is 0 Å². The Kier molecular flexibility index (Phi) is 6.85. The maximum absolute atomic E-state index is 6.54. The van der Waals surface area contributed by atoms with Gasteiger partial charge in [-0.2, -0.15) is 0 Å². The molecule has 1 fully saturated rings. The molecule has 0 spiro atoms. The van der Waals surface area contributed by atoms with Crippen molar-refractivity contribution in [2.75, 3.05) is 6.61 Å². The molecule has 1 aliphatic rings. The predicted octanol–water partition coefficient (Wildman–Crippen LogP) is 4.69. The maximum atomic E-state index is 6.54. The van der Waals surface area contributed by atoms with Crippen molar-refractivity contribution in [2.45, 2.75) is 60.9 Å². The summed E-state index contributed by atoms with van der Waals surface area (Å²) in [7, 11) is 0. The van der Waals surface area contributed by atoms with Gasteiger partial charge in [-0.1, -0.05) is 0 Å². The molecule has 20 heavy (non-hydrogen) atoms. The zero-order chi connectivity index (χ0) is 14.3. The normalized spacial score (nSPS) is 21.2. The molecule has 0 aromatic heterocycles. The quantitative estimate of drug-likeness (QED) is 0.607. The van der Waals surface area contributed by atoms with Crippen molar-refractivity contribution in [3.05, 3.63) is 35.9 Å². The molecule has 0 saturated carbocycles. The van der Waals surface area contributed by atoms with E-state index in [1.165, 1.54) is 40.1 Å². The Morgan fingerprint density at radius 3 is 2.30 bits per heavy atom. The third-order valence-electron chi connectivity index (χ3n) is 4.04. The first-order valence-electron chi connectivity index (χ1n) is 8.13. The van der Waals surface area contributed by atoms with E-state index in [9.17, 15) is 0 Å². The number of unbranched alkanes of at least 4 members (excludes halogenated alkanes) is 2. The van der Waals surface area contributed by atoms with E-state index in [4.69, 9.17) is 6.15 Å². The standard InChI is InChI=1S/C9H10O2.2C4H9.Sn/c10-7-9(11)6-8-4-2-1-3-5-8;2*1-3-4-2;/h1-5,9H,6-7H2;2*1,3-4H2,2H3;/q-2;;;+2/t9-;;;/m1.../s1. The predicted molar refractivity (Wildman–Crippen MR) is 86.2 cm³/mol. The summed E-state index contributed by atoms with van der Waals surface area (Å²) >= 11 is -2.71. The zero-order valence-electron chi connectivity index (χ0n) is 12.9. The summed E-state index contributed by atoms with van der Waals surface area (Å²) in [5.74, 6) is 0. The van der Waals surface area contributed by atoms with Crippen LogP contribution in [0.15, 0.2) is 30.3 Å². The molecule has 1 aromatic rings. The number of hydrogen-bond donors (Lipinski definition) is 0.